The number of carboxylic acid groups (broad SMARTS) is 1. The lowest BCUT2D eigenvalue weighted by Gasteiger charge is -2.15. The minimum Gasteiger partial charge on any atom is -0.481 e. The van der Waals surface area contributed by atoms with Crippen molar-refractivity contribution in [3.05, 3.63) is 12.2 Å². The van der Waals surface area contributed by atoms with Crippen LogP contribution in [-0.2, 0) is 14.3 Å². The number of aliphatic carboxylic acids is 1. The quantitative estimate of drug-likeness (QED) is 0.0701. The third-order valence-corrected chi connectivity index (χ3v) is 6.72. The summed E-state index contributed by atoms with van der Waals surface area (Å²) in [6.45, 7) is 4.47. The number of carbonyl (C=O) groups is 2. The highest BCUT2D eigenvalue weighted by Crippen LogP contribution is 2.15. The molecule has 0 saturated heterocycles. The summed E-state index contributed by atoms with van der Waals surface area (Å²) in [5, 5.41) is 8.74. The number of esters is 1. The number of hydrogen-bond acceptors (Lipinski definition) is 3. The van der Waals surface area contributed by atoms with Crippen molar-refractivity contribution in [3.63, 3.8) is 0 Å². The molecule has 35 heavy (non-hydrogen) atoms. The maximum Gasteiger partial charge on any atom is 0.306 e. The number of unbranched alkanes of at least 4 members (excludes halogenated alkanes) is 18. The number of hydrogen-bond donors (Lipinski definition) is 1. The van der Waals surface area contributed by atoms with Gasteiger partial charge in [0.1, 0.15) is 6.10 Å². The molecule has 4 nitrogen and oxygen atoms in total. The van der Waals surface area contributed by atoms with Crippen molar-refractivity contribution in [1.82, 2.24) is 0 Å². The average Bonchev–Trinajstić information content (AvgIpc) is 2.83. The summed E-state index contributed by atoms with van der Waals surface area (Å²) >= 11 is 0. The second-order valence-corrected chi connectivity index (χ2v) is 10.3. The van der Waals surface area contributed by atoms with Gasteiger partial charge in [0.15, 0.2) is 0 Å². The monoisotopic (exact) mass is 494 g/mol. The van der Waals surface area contributed by atoms with E-state index in [2.05, 4.69) is 26.0 Å². The maximum atomic E-state index is 12.4. The van der Waals surface area contributed by atoms with Crippen molar-refractivity contribution in [2.75, 3.05) is 0 Å². The van der Waals surface area contributed by atoms with Crippen LogP contribution >= 0.6 is 0 Å². The van der Waals surface area contributed by atoms with Crippen LogP contribution in [0.25, 0.3) is 0 Å². The predicted octanol–water partition coefficient (Wildman–Crippen LogP) is 9.94. The van der Waals surface area contributed by atoms with E-state index in [1.165, 1.54) is 89.9 Å². The van der Waals surface area contributed by atoms with E-state index in [0.29, 0.717) is 6.42 Å². The lowest BCUT2D eigenvalue weighted by Crippen LogP contribution is -2.16. The molecule has 4 heteroatoms. The third-order valence-electron chi connectivity index (χ3n) is 6.72. The van der Waals surface area contributed by atoms with E-state index < -0.39 is 5.97 Å². The minimum absolute atomic E-state index is 0.0674. The Morgan fingerprint density at radius 3 is 1.63 bits per heavy atom. The van der Waals surface area contributed by atoms with Crippen molar-refractivity contribution in [1.29, 1.82) is 0 Å². The van der Waals surface area contributed by atoms with E-state index in [-0.39, 0.29) is 18.5 Å². The number of carboxylic acids is 1. The van der Waals surface area contributed by atoms with Gasteiger partial charge in [0.2, 0.25) is 0 Å². The van der Waals surface area contributed by atoms with Crippen LogP contribution in [0.3, 0.4) is 0 Å². The summed E-state index contributed by atoms with van der Waals surface area (Å²) in [5.41, 5.74) is 0. The molecule has 206 valence electrons. The van der Waals surface area contributed by atoms with Gasteiger partial charge in [-0.25, -0.2) is 0 Å². The number of carbonyl (C=O) groups excluding carboxylic acids is 1. The summed E-state index contributed by atoms with van der Waals surface area (Å²) in [4.78, 5) is 23.0. The Bertz CT molecular complexity index is 500. The minimum atomic E-state index is -0.722. The molecule has 0 amide bonds. The van der Waals surface area contributed by atoms with Gasteiger partial charge in [-0.2, -0.15) is 0 Å². The lowest BCUT2D eigenvalue weighted by atomic mass is 10.0. The molecule has 1 N–H and O–H groups in total. The summed E-state index contributed by atoms with van der Waals surface area (Å²) in [5.74, 6) is -0.790. The molecule has 0 aliphatic heterocycles. The van der Waals surface area contributed by atoms with Crippen LogP contribution in [0.1, 0.15) is 168 Å². The van der Waals surface area contributed by atoms with Gasteiger partial charge in [0.05, 0.1) is 0 Å². The van der Waals surface area contributed by atoms with Gasteiger partial charge < -0.3 is 9.84 Å². The summed E-state index contributed by atoms with van der Waals surface area (Å²) in [6.07, 6.45) is 31.0. The Kier molecular flexibility index (Phi) is 26.2. The second-order valence-electron chi connectivity index (χ2n) is 10.3. The molecular formula is C31H58O4. The first-order chi connectivity index (χ1) is 17.1. The molecule has 1 atom stereocenters. The second kappa shape index (κ2) is 27.3. The molecular weight excluding hydrogens is 436 g/mol. The number of allylic oxidation sites excluding steroid dienone is 1. The molecule has 0 rings (SSSR count). The Balaban J connectivity index is 3.91. The van der Waals surface area contributed by atoms with E-state index in [0.717, 1.165) is 51.4 Å². The Morgan fingerprint density at radius 2 is 1.09 bits per heavy atom. The molecule has 0 aliphatic rings. The van der Waals surface area contributed by atoms with Crippen LogP contribution in [-0.4, -0.2) is 23.1 Å². The van der Waals surface area contributed by atoms with Gasteiger partial charge in [0.25, 0.3) is 0 Å². The normalized spacial score (nSPS) is 12.3. The largest absolute Gasteiger partial charge is 0.481 e. The highest BCUT2D eigenvalue weighted by Gasteiger charge is 2.11. The fourth-order valence-corrected chi connectivity index (χ4v) is 4.44. The molecule has 0 saturated carbocycles. The van der Waals surface area contributed by atoms with Gasteiger partial charge in [-0.15, -0.1) is 0 Å². The molecule has 0 aliphatic carbocycles. The molecule has 1 unspecified atom stereocenters. The van der Waals surface area contributed by atoms with E-state index in [1.54, 1.807) is 0 Å². The van der Waals surface area contributed by atoms with Crippen LogP contribution in [0.2, 0.25) is 0 Å². The Morgan fingerprint density at radius 1 is 0.629 bits per heavy atom. The van der Waals surface area contributed by atoms with Crippen molar-refractivity contribution >= 4 is 11.9 Å². The zero-order valence-corrected chi connectivity index (χ0v) is 23.4. The third kappa shape index (κ3) is 27.1. The highest BCUT2D eigenvalue weighted by molar-refractivity contribution is 5.69. The molecule has 0 fully saturated rings. The standard InChI is InChI=1S/C31H58O4/c1-3-5-7-9-10-11-12-13-14-15-16-18-24-28-31(34)35-29(25-21-17-8-6-4-2)26-22-19-20-23-27-30(32)33/h21,25,29H,3-20,22-24,26-28H2,1-2H3,(H,32,33)/b25-21-. The van der Waals surface area contributed by atoms with Crippen LogP contribution in [0.5, 0.6) is 0 Å². The summed E-state index contributed by atoms with van der Waals surface area (Å²) in [6, 6.07) is 0. The van der Waals surface area contributed by atoms with Crippen LogP contribution in [0, 0.1) is 0 Å². The molecule has 0 bridgehead atoms. The van der Waals surface area contributed by atoms with Crippen molar-refractivity contribution in [2.24, 2.45) is 0 Å². The fraction of sp³-hybridized carbons (Fsp3) is 0.871. The van der Waals surface area contributed by atoms with Crippen molar-refractivity contribution in [2.45, 2.75) is 174 Å². The lowest BCUT2D eigenvalue weighted by molar-refractivity contribution is -0.147. The zero-order valence-electron chi connectivity index (χ0n) is 23.4. The van der Waals surface area contributed by atoms with Gasteiger partial charge in [-0.1, -0.05) is 123 Å². The Labute approximate surface area is 217 Å². The molecule has 0 radical (unpaired) electrons. The van der Waals surface area contributed by atoms with Gasteiger partial charge >= 0.3 is 11.9 Å². The van der Waals surface area contributed by atoms with Crippen LogP contribution in [0.4, 0.5) is 0 Å². The number of ether oxygens (including phenoxy) is 1. The first-order valence-electron chi connectivity index (χ1n) is 15.2. The smallest absolute Gasteiger partial charge is 0.306 e. The average molecular weight is 495 g/mol. The van der Waals surface area contributed by atoms with E-state index in [4.69, 9.17) is 9.84 Å². The van der Waals surface area contributed by atoms with Crippen LogP contribution < -0.4 is 0 Å². The summed E-state index contributed by atoms with van der Waals surface area (Å²) in [7, 11) is 0. The van der Waals surface area contributed by atoms with Gasteiger partial charge in [0, 0.05) is 12.8 Å². The maximum absolute atomic E-state index is 12.4. The topological polar surface area (TPSA) is 63.6 Å². The molecule has 0 spiro atoms. The van der Waals surface area contributed by atoms with Crippen molar-refractivity contribution < 1.29 is 19.4 Å². The van der Waals surface area contributed by atoms with Gasteiger partial charge in [-0.05, 0) is 44.6 Å². The first kappa shape index (κ1) is 33.7. The van der Waals surface area contributed by atoms with E-state index in [1.807, 2.05) is 0 Å². The zero-order chi connectivity index (χ0) is 25.8. The Hall–Kier alpha value is -1.32. The molecule has 0 aromatic heterocycles. The SMILES string of the molecule is CCCCC/C=C\C(CCCCCCC(=O)O)OC(=O)CCCCCCCCCCCCCCC. The van der Waals surface area contributed by atoms with Crippen molar-refractivity contribution in [3.8, 4) is 0 Å². The van der Waals surface area contributed by atoms with E-state index in [9.17, 15) is 9.59 Å². The summed E-state index contributed by atoms with van der Waals surface area (Å²) < 4.78 is 5.79. The molecule has 0 heterocycles. The highest BCUT2D eigenvalue weighted by atomic mass is 16.5. The predicted molar refractivity (Wildman–Crippen MR) is 149 cm³/mol. The first-order valence-corrected chi connectivity index (χ1v) is 15.2. The molecule has 0 aromatic rings. The number of rotatable bonds is 27. The van der Waals surface area contributed by atoms with E-state index >= 15 is 0 Å². The molecule has 0 aromatic carbocycles. The fourth-order valence-electron chi connectivity index (χ4n) is 4.44. The van der Waals surface area contributed by atoms with Crippen LogP contribution in [0.15, 0.2) is 12.2 Å². The van der Waals surface area contributed by atoms with Gasteiger partial charge in [-0.3, -0.25) is 9.59 Å².